The molecule has 0 aliphatic carbocycles. The van der Waals surface area contributed by atoms with E-state index in [1.165, 1.54) is 0 Å². The average Bonchev–Trinajstić information content (AvgIpc) is 2.98. The number of thioether (sulfide) groups is 1. The van der Waals surface area contributed by atoms with Crippen molar-refractivity contribution in [2.24, 2.45) is 5.92 Å². The Kier molecular flexibility index (Phi) is 3.56. The van der Waals surface area contributed by atoms with Crippen LogP contribution < -0.4 is 0 Å². The summed E-state index contributed by atoms with van der Waals surface area (Å²) >= 11 is 5.24. The van der Waals surface area contributed by atoms with Crippen LogP contribution in [0.1, 0.15) is 0 Å². The smallest absolute Gasteiger partial charge is 0.170 e. The lowest BCUT2D eigenvalue weighted by Crippen LogP contribution is -2.35. The molecule has 0 amide bonds. The Morgan fingerprint density at radius 2 is 1.56 bits per heavy atom. The van der Waals surface area contributed by atoms with Crippen LogP contribution in [0, 0.1) is 5.92 Å². The molecule has 2 fully saturated rings. The van der Waals surface area contributed by atoms with Crippen molar-refractivity contribution in [1.82, 2.24) is 0 Å². The van der Waals surface area contributed by atoms with Crippen LogP contribution in [0.2, 0.25) is 0 Å². The Balaban J connectivity index is 1.72. The molecule has 3 heterocycles. The highest BCUT2D eigenvalue weighted by Crippen LogP contribution is 2.45. The van der Waals surface area contributed by atoms with Crippen LogP contribution in [0.5, 0.6) is 0 Å². The fourth-order valence-corrected chi connectivity index (χ4v) is 4.21. The Hall–Kier alpha value is 0.410. The van der Waals surface area contributed by atoms with Crippen LogP contribution in [-0.2, 0) is 18.9 Å². The standard InChI is InChI=1S/C10H13BrO4S/c11-7-5-6(9-12-1-2-13-9)8(16-7)10-14-3-4-15-10/h5-6,8-10H,1-4H2. The van der Waals surface area contributed by atoms with Gasteiger partial charge in [-0.3, -0.25) is 0 Å². The van der Waals surface area contributed by atoms with Gasteiger partial charge in [0.2, 0.25) is 0 Å². The van der Waals surface area contributed by atoms with E-state index in [9.17, 15) is 0 Å². The lowest BCUT2D eigenvalue weighted by atomic mass is 10.0. The van der Waals surface area contributed by atoms with Gasteiger partial charge >= 0.3 is 0 Å². The summed E-state index contributed by atoms with van der Waals surface area (Å²) in [7, 11) is 0. The summed E-state index contributed by atoms with van der Waals surface area (Å²) < 4.78 is 23.4. The van der Waals surface area contributed by atoms with Gasteiger partial charge in [-0.05, 0) is 15.9 Å². The summed E-state index contributed by atoms with van der Waals surface area (Å²) in [5.41, 5.74) is 0. The van der Waals surface area contributed by atoms with Crippen molar-refractivity contribution in [1.29, 1.82) is 0 Å². The maximum Gasteiger partial charge on any atom is 0.170 e. The van der Waals surface area contributed by atoms with Gasteiger partial charge in [-0.2, -0.15) is 0 Å². The first-order chi connectivity index (χ1) is 7.84. The summed E-state index contributed by atoms with van der Waals surface area (Å²) in [5, 5.41) is 0.222. The van der Waals surface area contributed by atoms with E-state index in [1.807, 2.05) is 0 Å². The highest BCUT2D eigenvalue weighted by molar-refractivity contribution is 9.14. The van der Waals surface area contributed by atoms with E-state index in [2.05, 4.69) is 22.0 Å². The zero-order chi connectivity index (χ0) is 11.0. The molecule has 90 valence electrons. The summed E-state index contributed by atoms with van der Waals surface area (Å²) in [5.74, 6) is 0.199. The molecule has 0 aromatic rings. The van der Waals surface area contributed by atoms with E-state index in [0.29, 0.717) is 26.4 Å². The van der Waals surface area contributed by atoms with Gasteiger partial charge in [0.05, 0.1) is 31.7 Å². The second-order valence-corrected chi connectivity index (χ2v) is 6.45. The number of rotatable bonds is 2. The van der Waals surface area contributed by atoms with Crippen molar-refractivity contribution in [2.45, 2.75) is 17.8 Å². The molecule has 0 radical (unpaired) electrons. The van der Waals surface area contributed by atoms with Crippen molar-refractivity contribution in [3.8, 4) is 0 Å². The van der Waals surface area contributed by atoms with E-state index in [1.54, 1.807) is 11.8 Å². The van der Waals surface area contributed by atoms with Gasteiger partial charge in [-0.1, -0.05) is 6.08 Å². The third-order valence-electron chi connectivity index (χ3n) is 2.83. The largest absolute Gasteiger partial charge is 0.350 e. The number of halogens is 1. The predicted molar refractivity (Wildman–Crippen MR) is 63.3 cm³/mol. The normalized spacial score (nSPS) is 37.2. The molecule has 2 atom stereocenters. The second-order valence-electron chi connectivity index (χ2n) is 3.85. The predicted octanol–water partition coefficient (Wildman–Crippen LogP) is 1.70. The van der Waals surface area contributed by atoms with E-state index in [-0.39, 0.29) is 23.7 Å². The molecule has 0 spiro atoms. The van der Waals surface area contributed by atoms with Gasteiger partial charge in [0, 0.05) is 9.73 Å². The van der Waals surface area contributed by atoms with Crippen LogP contribution in [0.15, 0.2) is 9.89 Å². The van der Waals surface area contributed by atoms with Crippen molar-refractivity contribution >= 4 is 27.7 Å². The summed E-state index contributed by atoms with van der Waals surface area (Å²) in [6.07, 6.45) is 1.84. The summed E-state index contributed by atoms with van der Waals surface area (Å²) in [6, 6.07) is 0. The number of hydrogen-bond acceptors (Lipinski definition) is 5. The third-order valence-corrected chi connectivity index (χ3v) is 4.82. The first kappa shape index (κ1) is 11.5. The Bertz CT molecular complexity index is 287. The first-order valence-electron chi connectivity index (χ1n) is 5.35. The fraction of sp³-hybridized carbons (Fsp3) is 0.800. The quantitative estimate of drug-likeness (QED) is 0.776. The van der Waals surface area contributed by atoms with Gasteiger partial charge in [-0.25, -0.2) is 0 Å². The topological polar surface area (TPSA) is 36.9 Å². The molecule has 0 saturated carbocycles. The molecule has 3 aliphatic heterocycles. The molecule has 2 unspecified atom stereocenters. The minimum absolute atomic E-state index is 0.144. The molecule has 0 bridgehead atoms. The highest BCUT2D eigenvalue weighted by atomic mass is 79.9. The third kappa shape index (κ3) is 2.19. The van der Waals surface area contributed by atoms with Crippen molar-refractivity contribution in [2.75, 3.05) is 26.4 Å². The van der Waals surface area contributed by atoms with Gasteiger partial charge in [0.15, 0.2) is 12.6 Å². The molecule has 16 heavy (non-hydrogen) atoms. The molecule has 3 aliphatic rings. The van der Waals surface area contributed by atoms with Gasteiger partial charge in [0.25, 0.3) is 0 Å². The number of hydrogen-bond donors (Lipinski definition) is 0. The van der Waals surface area contributed by atoms with Crippen LogP contribution in [0.3, 0.4) is 0 Å². The van der Waals surface area contributed by atoms with Crippen molar-refractivity contribution in [3.05, 3.63) is 9.89 Å². The van der Waals surface area contributed by atoms with Gasteiger partial charge < -0.3 is 18.9 Å². The van der Waals surface area contributed by atoms with E-state index in [0.717, 1.165) is 3.81 Å². The Morgan fingerprint density at radius 3 is 2.19 bits per heavy atom. The molecule has 4 nitrogen and oxygen atoms in total. The maximum atomic E-state index is 5.57. The molecule has 3 rings (SSSR count). The maximum absolute atomic E-state index is 5.57. The van der Waals surface area contributed by atoms with Crippen molar-refractivity contribution < 1.29 is 18.9 Å². The molecular formula is C10H13BrO4S. The number of ether oxygens (including phenoxy) is 4. The zero-order valence-corrected chi connectivity index (χ0v) is 11.0. The lowest BCUT2D eigenvalue weighted by molar-refractivity contribution is -0.104. The SMILES string of the molecule is BrC1=CC(C2OCCO2)C(C2OCCO2)S1. The lowest BCUT2D eigenvalue weighted by Gasteiger charge is -2.26. The Labute approximate surface area is 107 Å². The van der Waals surface area contributed by atoms with Crippen LogP contribution in [-0.4, -0.2) is 44.3 Å². The minimum Gasteiger partial charge on any atom is -0.350 e. The second kappa shape index (κ2) is 4.96. The van der Waals surface area contributed by atoms with Gasteiger partial charge in [-0.15, -0.1) is 11.8 Å². The minimum atomic E-state index is -0.152. The van der Waals surface area contributed by atoms with Gasteiger partial charge in [0.1, 0.15) is 0 Å². The van der Waals surface area contributed by atoms with Crippen LogP contribution in [0.4, 0.5) is 0 Å². The van der Waals surface area contributed by atoms with Crippen LogP contribution in [0.25, 0.3) is 0 Å². The van der Waals surface area contributed by atoms with E-state index >= 15 is 0 Å². The van der Waals surface area contributed by atoms with E-state index in [4.69, 9.17) is 18.9 Å². The fourth-order valence-electron chi connectivity index (χ4n) is 2.13. The first-order valence-corrected chi connectivity index (χ1v) is 7.02. The molecular weight excluding hydrogens is 296 g/mol. The summed E-state index contributed by atoms with van der Waals surface area (Å²) in [6.45, 7) is 2.71. The monoisotopic (exact) mass is 308 g/mol. The molecule has 6 heteroatoms. The molecule has 0 aromatic carbocycles. The summed E-state index contributed by atoms with van der Waals surface area (Å²) in [4.78, 5) is 0. The molecule has 2 saturated heterocycles. The molecule has 0 aromatic heterocycles. The van der Waals surface area contributed by atoms with Crippen molar-refractivity contribution in [3.63, 3.8) is 0 Å². The highest BCUT2D eigenvalue weighted by Gasteiger charge is 2.43. The average molecular weight is 309 g/mol. The molecule has 0 N–H and O–H groups in total. The van der Waals surface area contributed by atoms with Crippen LogP contribution >= 0.6 is 27.7 Å². The zero-order valence-electron chi connectivity index (χ0n) is 8.63. The van der Waals surface area contributed by atoms with E-state index < -0.39 is 0 Å². The Morgan fingerprint density at radius 1 is 1.00 bits per heavy atom.